The standard InChI is InChI=1S/C19H23N/c1-14(2)18-12-20-13-19(18)17-10-6-9-16(11-17)15-7-4-3-5-8-15/h3-11,14,18-20H,12-13H2,1-2H3/t18-,19?/m0/s1. The average Bonchev–Trinajstić information content (AvgIpc) is 2.98. The predicted octanol–water partition coefficient (Wildman–Crippen LogP) is 4.31. The summed E-state index contributed by atoms with van der Waals surface area (Å²) >= 11 is 0. The second kappa shape index (κ2) is 5.80. The van der Waals surface area contributed by atoms with Crippen LogP contribution in [0, 0.1) is 11.8 Å². The Balaban J connectivity index is 1.92. The monoisotopic (exact) mass is 265 g/mol. The fourth-order valence-electron chi connectivity index (χ4n) is 3.34. The van der Waals surface area contributed by atoms with Crippen LogP contribution < -0.4 is 5.32 Å². The molecule has 0 aliphatic carbocycles. The predicted molar refractivity (Wildman–Crippen MR) is 85.8 cm³/mol. The summed E-state index contributed by atoms with van der Waals surface area (Å²) in [6.45, 7) is 6.94. The van der Waals surface area contributed by atoms with Gasteiger partial charge in [-0.2, -0.15) is 0 Å². The maximum atomic E-state index is 3.56. The van der Waals surface area contributed by atoms with Gasteiger partial charge < -0.3 is 5.32 Å². The number of nitrogens with one attached hydrogen (secondary N) is 1. The summed E-state index contributed by atoms with van der Waals surface area (Å²) in [5, 5.41) is 3.56. The van der Waals surface area contributed by atoms with Crippen LogP contribution in [-0.2, 0) is 0 Å². The Morgan fingerprint density at radius 1 is 0.900 bits per heavy atom. The van der Waals surface area contributed by atoms with Crippen molar-refractivity contribution in [1.82, 2.24) is 5.32 Å². The minimum Gasteiger partial charge on any atom is -0.316 e. The molecule has 2 aromatic rings. The first kappa shape index (κ1) is 13.4. The minimum atomic E-state index is 0.652. The van der Waals surface area contributed by atoms with E-state index in [-0.39, 0.29) is 0 Å². The lowest BCUT2D eigenvalue weighted by Gasteiger charge is -2.23. The van der Waals surface area contributed by atoms with Gasteiger partial charge in [-0.15, -0.1) is 0 Å². The van der Waals surface area contributed by atoms with E-state index in [0.717, 1.165) is 24.9 Å². The first-order chi connectivity index (χ1) is 9.75. The van der Waals surface area contributed by atoms with Gasteiger partial charge in [0.25, 0.3) is 0 Å². The van der Waals surface area contributed by atoms with Gasteiger partial charge in [0.2, 0.25) is 0 Å². The summed E-state index contributed by atoms with van der Waals surface area (Å²) in [5.41, 5.74) is 4.12. The van der Waals surface area contributed by atoms with E-state index in [1.165, 1.54) is 16.7 Å². The van der Waals surface area contributed by atoms with Crippen LogP contribution in [0.1, 0.15) is 25.3 Å². The summed E-state index contributed by atoms with van der Waals surface area (Å²) in [7, 11) is 0. The summed E-state index contributed by atoms with van der Waals surface area (Å²) in [5.74, 6) is 2.13. The van der Waals surface area contributed by atoms with E-state index in [0.29, 0.717) is 5.92 Å². The van der Waals surface area contributed by atoms with Crippen LogP contribution in [0.2, 0.25) is 0 Å². The van der Waals surface area contributed by atoms with Crippen molar-refractivity contribution in [3.05, 3.63) is 60.2 Å². The molecule has 2 aromatic carbocycles. The van der Waals surface area contributed by atoms with Gasteiger partial charge in [0, 0.05) is 12.5 Å². The molecule has 2 atom stereocenters. The fourth-order valence-corrected chi connectivity index (χ4v) is 3.34. The Hall–Kier alpha value is -1.60. The number of hydrogen-bond donors (Lipinski definition) is 1. The van der Waals surface area contributed by atoms with Crippen molar-refractivity contribution in [1.29, 1.82) is 0 Å². The van der Waals surface area contributed by atoms with Crippen molar-refractivity contribution in [3.8, 4) is 11.1 Å². The molecule has 1 N–H and O–H groups in total. The number of benzene rings is 2. The second-order valence-corrected chi connectivity index (χ2v) is 6.16. The van der Waals surface area contributed by atoms with E-state index in [4.69, 9.17) is 0 Å². The summed E-state index contributed by atoms with van der Waals surface area (Å²) in [6, 6.07) is 19.7. The Morgan fingerprint density at radius 2 is 1.65 bits per heavy atom. The van der Waals surface area contributed by atoms with E-state index >= 15 is 0 Å². The third-order valence-corrected chi connectivity index (χ3v) is 4.54. The maximum absolute atomic E-state index is 3.56. The SMILES string of the molecule is CC(C)[C@@H]1CNCC1c1cccc(-c2ccccc2)c1. The number of hydrogen-bond acceptors (Lipinski definition) is 1. The molecule has 1 heterocycles. The highest BCUT2D eigenvalue weighted by Crippen LogP contribution is 2.34. The van der Waals surface area contributed by atoms with Crippen molar-refractivity contribution in [2.45, 2.75) is 19.8 Å². The van der Waals surface area contributed by atoms with Crippen LogP contribution in [0.4, 0.5) is 0 Å². The molecular formula is C19H23N. The van der Waals surface area contributed by atoms with Gasteiger partial charge >= 0.3 is 0 Å². The lowest BCUT2D eigenvalue weighted by molar-refractivity contribution is 0.381. The molecule has 20 heavy (non-hydrogen) atoms. The lowest BCUT2D eigenvalue weighted by atomic mass is 9.81. The van der Waals surface area contributed by atoms with Gasteiger partial charge in [-0.1, -0.05) is 68.4 Å². The molecule has 0 aromatic heterocycles. The third kappa shape index (κ3) is 2.64. The van der Waals surface area contributed by atoms with Gasteiger partial charge in [0.1, 0.15) is 0 Å². The molecule has 1 saturated heterocycles. The fraction of sp³-hybridized carbons (Fsp3) is 0.368. The zero-order chi connectivity index (χ0) is 13.9. The van der Waals surface area contributed by atoms with Crippen molar-refractivity contribution in [2.24, 2.45) is 11.8 Å². The van der Waals surface area contributed by atoms with Crippen LogP contribution >= 0.6 is 0 Å². The van der Waals surface area contributed by atoms with Crippen LogP contribution in [-0.4, -0.2) is 13.1 Å². The molecule has 1 aliphatic rings. The van der Waals surface area contributed by atoms with E-state index in [1.54, 1.807) is 0 Å². The largest absolute Gasteiger partial charge is 0.316 e. The maximum Gasteiger partial charge on any atom is 0.00235 e. The quantitative estimate of drug-likeness (QED) is 0.872. The first-order valence-electron chi connectivity index (χ1n) is 7.62. The van der Waals surface area contributed by atoms with Gasteiger partial charge in [0.05, 0.1) is 0 Å². The molecule has 0 bridgehead atoms. The van der Waals surface area contributed by atoms with Crippen molar-refractivity contribution in [2.75, 3.05) is 13.1 Å². The van der Waals surface area contributed by atoms with E-state index in [2.05, 4.69) is 73.8 Å². The normalized spacial score (nSPS) is 22.4. The highest BCUT2D eigenvalue weighted by molar-refractivity contribution is 5.64. The Morgan fingerprint density at radius 3 is 2.40 bits per heavy atom. The molecule has 0 spiro atoms. The molecule has 104 valence electrons. The minimum absolute atomic E-state index is 0.652. The topological polar surface area (TPSA) is 12.0 Å². The van der Waals surface area contributed by atoms with Crippen LogP contribution in [0.25, 0.3) is 11.1 Å². The first-order valence-corrected chi connectivity index (χ1v) is 7.62. The van der Waals surface area contributed by atoms with Gasteiger partial charge in [-0.3, -0.25) is 0 Å². The summed E-state index contributed by atoms with van der Waals surface area (Å²) in [4.78, 5) is 0. The Bertz CT molecular complexity index is 559. The van der Waals surface area contributed by atoms with Crippen molar-refractivity contribution < 1.29 is 0 Å². The van der Waals surface area contributed by atoms with Gasteiger partial charge in [-0.25, -0.2) is 0 Å². The Kier molecular flexibility index (Phi) is 3.88. The lowest BCUT2D eigenvalue weighted by Crippen LogP contribution is -2.17. The van der Waals surface area contributed by atoms with E-state index in [9.17, 15) is 0 Å². The summed E-state index contributed by atoms with van der Waals surface area (Å²) < 4.78 is 0. The van der Waals surface area contributed by atoms with E-state index in [1.807, 2.05) is 0 Å². The number of rotatable bonds is 3. The molecule has 1 aliphatic heterocycles. The molecule has 1 fully saturated rings. The molecule has 1 unspecified atom stereocenters. The van der Waals surface area contributed by atoms with Gasteiger partial charge in [0.15, 0.2) is 0 Å². The smallest absolute Gasteiger partial charge is 0.00235 e. The average molecular weight is 265 g/mol. The van der Waals surface area contributed by atoms with Crippen LogP contribution in [0.5, 0.6) is 0 Å². The molecule has 0 amide bonds. The summed E-state index contributed by atoms with van der Waals surface area (Å²) in [6.07, 6.45) is 0. The molecule has 0 saturated carbocycles. The van der Waals surface area contributed by atoms with Crippen molar-refractivity contribution in [3.63, 3.8) is 0 Å². The van der Waals surface area contributed by atoms with Crippen LogP contribution in [0.15, 0.2) is 54.6 Å². The zero-order valence-electron chi connectivity index (χ0n) is 12.3. The van der Waals surface area contributed by atoms with Gasteiger partial charge in [-0.05, 0) is 35.1 Å². The Labute approximate surface area is 122 Å². The molecule has 3 rings (SSSR count). The van der Waals surface area contributed by atoms with Crippen LogP contribution in [0.3, 0.4) is 0 Å². The zero-order valence-corrected chi connectivity index (χ0v) is 12.3. The second-order valence-electron chi connectivity index (χ2n) is 6.16. The van der Waals surface area contributed by atoms with E-state index < -0.39 is 0 Å². The van der Waals surface area contributed by atoms with Crippen molar-refractivity contribution >= 4 is 0 Å². The third-order valence-electron chi connectivity index (χ3n) is 4.54. The molecular weight excluding hydrogens is 242 g/mol. The molecule has 0 radical (unpaired) electrons. The molecule has 1 nitrogen and oxygen atoms in total. The highest BCUT2D eigenvalue weighted by atomic mass is 14.9. The molecule has 1 heteroatoms. The highest BCUT2D eigenvalue weighted by Gasteiger charge is 2.30.